The van der Waals surface area contributed by atoms with E-state index in [0.717, 1.165) is 6.54 Å². The van der Waals surface area contributed by atoms with Gasteiger partial charge in [-0.2, -0.15) is 0 Å². The molecule has 0 amide bonds. The lowest BCUT2D eigenvalue weighted by molar-refractivity contribution is 0.594. The normalized spacial score (nSPS) is 14.2. The molecule has 0 saturated carbocycles. The summed E-state index contributed by atoms with van der Waals surface area (Å²) in [5.74, 6) is 0. The van der Waals surface area contributed by atoms with E-state index < -0.39 is 10.8 Å². The Morgan fingerprint density at radius 2 is 1.40 bits per heavy atom. The van der Waals surface area contributed by atoms with Crippen molar-refractivity contribution in [3.8, 4) is 0 Å². The molecule has 0 aliphatic rings. The van der Waals surface area contributed by atoms with E-state index in [1.165, 1.54) is 11.1 Å². The van der Waals surface area contributed by atoms with Crippen LogP contribution in [0.1, 0.15) is 24.1 Å². The largest absolute Gasteiger partial charge is 0.305 e. The van der Waals surface area contributed by atoms with Crippen LogP contribution in [-0.4, -0.2) is 22.3 Å². The van der Waals surface area contributed by atoms with Gasteiger partial charge in [0.15, 0.2) is 0 Å². The molecule has 0 aromatic heterocycles. The highest BCUT2D eigenvalue weighted by atomic mass is 32.2. The maximum absolute atomic E-state index is 11.5. The van der Waals surface area contributed by atoms with Crippen LogP contribution in [0.3, 0.4) is 0 Å². The summed E-state index contributed by atoms with van der Waals surface area (Å²) in [6.07, 6.45) is 1.76. The summed E-state index contributed by atoms with van der Waals surface area (Å²) in [6.45, 7) is 2.74. The van der Waals surface area contributed by atoms with Gasteiger partial charge in [0, 0.05) is 28.9 Å². The van der Waals surface area contributed by atoms with Crippen LogP contribution < -0.4 is 5.32 Å². The van der Waals surface area contributed by atoms with E-state index in [9.17, 15) is 4.21 Å². The van der Waals surface area contributed by atoms with Gasteiger partial charge >= 0.3 is 0 Å². The molecule has 2 aromatic rings. The minimum Gasteiger partial charge on any atom is -0.305 e. The molecule has 2 unspecified atom stereocenters. The van der Waals surface area contributed by atoms with Crippen molar-refractivity contribution in [2.45, 2.75) is 18.2 Å². The quantitative estimate of drug-likeness (QED) is 0.884. The van der Waals surface area contributed by atoms with Crippen molar-refractivity contribution in [2.75, 3.05) is 12.8 Å². The lowest BCUT2D eigenvalue weighted by Gasteiger charge is -2.21. The summed E-state index contributed by atoms with van der Waals surface area (Å²) in [5.41, 5.74) is 2.46. The second-order valence-corrected chi connectivity index (χ2v) is 6.77. The molecule has 0 fully saturated rings. The molecule has 2 nitrogen and oxygen atoms in total. The third-order valence-electron chi connectivity index (χ3n) is 3.44. The summed E-state index contributed by atoms with van der Waals surface area (Å²) in [4.78, 5) is 0. The Hall–Kier alpha value is -1.45. The second kappa shape index (κ2) is 7.36. The highest BCUT2D eigenvalue weighted by Crippen LogP contribution is 2.21. The Labute approximate surface area is 123 Å². The van der Waals surface area contributed by atoms with Crippen molar-refractivity contribution >= 4 is 10.8 Å². The van der Waals surface area contributed by atoms with Crippen LogP contribution in [0.15, 0.2) is 60.7 Å². The lowest BCUT2D eigenvalue weighted by Crippen LogP contribution is -2.31. The highest BCUT2D eigenvalue weighted by molar-refractivity contribution is 7.84. The zero-order valence-electron chi connectivity index (χ0n) is 12.0. The van der Waals surface area contributed by atoms with Gasteiger partial charge in [-0.15, -0.1) is 0 Å². The van der Waals surface area contributed by atoms with Crippen LogP contribution in [0, 0.1) is 0 Å². The first-order valence-electron chi connectivity index (χ1n) is 6.84. The molecule has 1 N–H and O–H groups in total. The third-order valence-corrected chi connectivity index (χ3v) is 4.74. The van der Waals surface area contributed by atoms with Gasteiger partial charge in [0.25, 0.3) is 0 Å². The summed E-state index contributed by atoms with van der Waals surface area (Å²) in [5, 5.41) is 3.68. The standard InChI is InChI=1S/C17H21NOS/c1-14(20(2)19)13-18-17(15-9-5-3-6-10-15)16-11-7-4-8-12-16/h3-12,14,17-18H,13H2,1-2H3. The van der Waals surface area contributed by atoms with E-state index in [4.69, 9.17) is 0 Å². The number of hydrogen-bond donors (Lipinski definition) is 1. The first-order valence-corrected chi connectivity index (χ1v) is 8.46. The van der Waals surface area contributed by atoms with Gasteiger partial charge in [0.2, 0.25) is 0 Å². The fourth-order valence-electron chi connectivity index (χ4n) is 2.12. The van der Waals surface area contributed by atoms with Crippen molar-refractivity contribution in [1.82, 2.24) is 5.32 Å². The highest BCUT2D eigenvalue weighted by Gasteiger charge is 2.15. The minimum absolute atomic E-state index is 0.142. The van der Waals surface area contributed by atoms with Crippen LogP contribution in [0.5, 0.6) is 0 Å². The molecule has 2 rings (SSSR count). The van der Waals surface area contributed by atoms with E-state index in [1.54, 1.807) is 6.26 Å². The van der Waals surface area contributed by atoms with Crippen LogP contribution >= 0.6 is 0 Å². The van der Waals surface area contributed by atoms with Gasteiger partial charge in [-0.1, -0.05) is 60.7 Å². The first-order chi connectivity index (χ1) is 9.68. The Morgan fingerprint density at radius 1 is 0.950 bits per heavy atom. The Kier molecular flexibility index (Phi) is 5.50. The van der Waals surface area contributed by atoms with Crippen molar-refractivity contribution in [3.63, 3.8) is 0 Å². The second-order valence-electron chi connectivity index (χ2n) is 4.97. The van der Waals surface area contributed by atoms with Gasteiger partial charge in [-0.3, -0.25) is 4.21 Å². The van der Waals surface area contributed by atoms with Crippen LogP contribution in [0.4, 0.5) is 0 Å². The van der Waals surface area contributed by atoms with Crippen molar-refractivity contribution < 1.29 is 4.21 Å². The molecule has 0 aliphatic heterocycles. The molecule has 0 radical (unpaired) electrons. The van der Waals surface area contributed by atoms with E-state index in [-0.39, 0.29) is 11.3 Å². The first kappa shape index (κ1) is 14.9. The topological polar surface area (TPSA) is 29.1 Å². The van der Waals surface area contributed by atoms with Crippen molar-refractivity contribution in [3.05, 3.63) is 71.8 Å². The molecule has 106 valence electrons. The van der Waals surface area contributed by atoms with Crippen LogP contribution in [-0.2, 0) is 10.8 Å². The van der Waals surface area contributed by atoms with Gasteiger partial charge in [-0.25, -0.2) is 0 Å². The SMILES string of the molecule is CC(CNC(c1ccccc1)c1ccccc1)S(C)=O. The van der Waals surface area contributed by atoms with Crippen LogP contribution in [0.25, 0.3) is 0 Å². The van der Waals surface area contributed by atoms with Crippen LogP contribution in [0.2, 0.25) is 0 Å². The van der Waals surface area contributed by atoms with E-state index in [1.807, 2.05) is 43.3 Å². The molecule has 0 spiro atoms. The summed E-state index contributed by atoms with van der Waals surface area (Å²) in [6, 6.07) is 20.9. The minimum atomic E-state index is -0.802. The Bertz CT molecular complexity index is 502. The molecule has 0 heterocycles. The fraction of sp³-hybridized carbons (Fsp3) is 0.294. The Balaban J connectivity index is 2.19. The number of benzene rings is 2. The molecule has 0 bridgehead atoms. The molecule has 0 saturated heterocycles. The van der Waals surface area contributed by atoms with E-state index >= 15 is 0 Å². The maximum atomic E-state index is 11.5. The van der Waals surface area contributed by atoms with Gasteiger partial charge < -0.3 is 5.32 Å². The molecule has 2 aromatic carbocycles. The fourth-order valence-corrected chi connectivity index (χ4v) is 2.45. The maximum Gasteiger partial charge on any atom is 0.0577 e. The lowest BCUT2D eigenvalue weighted by atomic mass is 9.99. The summed E-state index contributed by atoms with van der Waals surface area (Å²) in [7, 11) is -0.802. The molecular weight excluding hydrogens is 266 g/mol. The molecule has 20 heavy (non-hydrogen) atoms. The van der Waals surface area contributed by atoms with E-state index in [0.29, 0.717) is 0 Å². The number of hydrogen-bond acceptors (Lipinski definition) is 2. The smallest absolute Gasteiger partial charge is 0.0577 e. The molecule has 0 aliphatic carbocycles. The Morgan fingerprint density at radius 3 is 1.80 bits per heavy atom. The van der Waals surface area contributed by atoms with Gasteiger partial charge in [0.1, 0.15) is 0 Å². The average Bonchev–Trinajstić information content (AvgIpc) is 2.49. The van der Waals surface area contributed by atoms with E-state index in [2.05, 4.69) is 29.6 Å². The monoisotopic (exact) mass is 287 g/mol. The predicted molar refractivity (Wildman–Crippen MR) is 86.3 cm³/mol. The van der Waals surface area contributed by atoms with Crippen molar-refractivity contribution in [1.29, 1.82) is 0 Å². The number of nitrogens with one attached hydrogen (secondary N) is 1. The van der Waals surface area contributed by atoms with Crippen molar-refractivity contribution in [2.24, 2.45) is 0 Å². The van der Waals surface area contributed by atoms with Gasteiger partial charge in [-0.05, 0) is 18.1 Å². The summed E-state index contributed by atoms with van der Waals surface area (Å²) < 4.78 is 11.5. The zero-order chi connectivity index (χ0) is 14.4. The molecule has 2 atom stereocenters. The number of rotatable bonds is 6. The molecule has 3 heteroatoms. The predicted octanol–water partition coefficient (Wildman–Crippen LogP) is 3.13. The summed E-state index contributed by atoms with van der Waals surface area (Å²) >= 11 is 0. The zero-order valence-corrected chi connectivity index (χ0v) is 12.8. The molecular formula is C17H21NOS. The van der Waals surface area contributed by atoms with Gasteiger partial charge in [0.05, 0.1) is 6.04 Å². The average molecular weight is 287 g/mol. The third kappa shape index (κ3) is 4.02.